The quantitative estimate of drug-likeness (QED) is 0.221. The summed E-state index contributed by atoms with van der Waals surface area (Å²) in [6.07, 6.45) is 3.41. The smallest absolute Gasteiger partial charge is 0.341 e. The van der Waals surface area contributed by atoms with E-state index in [0.29, 0.717) is 27.5 Å². The molecule has 180 valence electrons. The average molecular weight is 491 g/mol. The highest BCUT2D eigenvalue weighted by Crippen LogP contribution is 2.23. The van der Waals surface area contributed by atoms with E-state index in [1.165, 1.54) is 11.8 Å². The molecule has 0 N–H and O–H groups in total. The molecule has 8 nitrogen and oxygen atoms in total. The molecule has 0 aliphatic heterocycles. The maximum atomic E-state index is 13.5. The predicted octanol–water partition coefficient (Wildman–Crippen LogP) is 4.05. The van der Waals surface area contributed by atoms with E-state index in [4.69, 9.17) is 4.74 Å². The Hall–Kier alpha value is -3.85. The van der Waals surface area contributed by atoms with Crippen LogP contribution in [0.25, 0.3) is 11.4 Å². The lowest BCUT2D eigenvalue weighted by Crippen LogP contribution is -2.22. The van der Waals surface area contributed by atoms with E-state index in [9.17, 15) is 14.4 Å². The Balaban J connectivity index is 1.65. The summed E-state index contributed by atoms with van der Waals surface area (Å²) in [6.45, 7) is 5.09. The van der Waals surface area contributed by atoms with Crippen molar-refractivity contribution in [1.29, 1.82) is 0 Å². The molecule has 0 aliphatic carbocycles. The zero-order valence-corrected chi connectivity index (χ0v) is 21.0. The van der Waals surface area contributed by atoms with Crippen LogP contribution >= 0.6 is 11.8 Å². The predicted molar refractivity (Wildman–Crippen MR) is 135 cm³/mol. The van der Waals surface area contributed by atoms with Crippen molar-refractivity contribution in [3.05, 3.63) is 93.3 Å². The van der Waals surface area contributed by atoms with Crippen LogP contribution in [0.2, 0.25) is 0 Å². The van der Waals surface area contributed by atoms with Crippen LogP contribution in [-0.4, -0.2) is 43.5 Å². The highest BCUT2D eigenvalue weighted by atomic mass is 32.2. The topological polar surface area (TPSA) is 88.1 Å². The number of rotatable bonds is 7. The lowest BCUT2D eigenvalue weighted by Gasteiger charge is -2.09. The molecule has 0 amide bonds. The van der Waals surface area contributed by atoms with Crippen molar-refractivity contribution < 1.29 is 14.3 Å². The van der Waals surface area contributed by atoms with Gasteiger partial charge >= 0.3 is 5.97 Å². The molecule has 9 heteroatoms. The molecule has 0 spiro atoms. The van der Waals surface area contributed by atoms with Gasteiger partial charge in [-0.05, 0) is 57.4 Å². The molecule has 0 radical (unpaired) electrons. The summed E-state index contributed by atoms with van der Waals surface area (Å²) < 4.78 is 10.5. The van der Waals surface area contributed by atoms with Gasteiger partial charge in [0.2, 0.25) is 5.78 Å². The fourth-order valence-corrected chi connectivity index (χ4v) is 4.73. The highest BCUT2D eigenvalue weighted by Gasteiger charge is 2.24. The highest BCUT2D eigenvalue weighted by molar-refractivity contribution is 7.98. The summed E-state index contributed by atoms with van der Waals surface area (Å²) in [5.41, 5.74) is 3.86. The van der Waals surface area contributed by atoms with Gasteiger partial charge in [-0.1, -0.05) is 18.2 Å². The third-order valence-corrected chi connectivity index (χ3v) is 6.71. The first kappa shape index (κ1) is 24.3. The summed E-state index contributed by atoms with van der Waals surface area (Å²) >= 11 is 1.33. The molecule has 0 aliphatic rings. The van der Waals surface area contributed by atoms with Gasteiger partial charge in [0, 0.05) is 30.2 Å². The Morgan fingerprint density at radius 1 is 1.00 bits per heavy atom. The van der Waals surface area contributed by atoms with Crippen molar-refractivity contribution in [2.45, 2.75) is 25.8 Å². The van der Waals surface area contributed by atoms with Crippen LogP contribution in [-0.2, 0) is 11.8 Å². The van der Waals surface area contributed by atoms with Gasteiger partial charge in [0.05, 0.1) is 16.9 Å². The van der Waals surface area contributed by atoms with Crippen LogP contribution in [0.4, 0.5) is 0 Å². The number of carbonyl (C=O) groups is 2. The van der Waals surface area contributed by atoms with E-state index in [1.54, 1.807) is 45.3 Å². The molecule has 0 saturated heterocycles. The van der Waals surface area contributed by atoms with E-state index < -0.39 is 12.6 Å². The summed E-state index contributed by atoms with van der Waals surface area (Å²) in [7, 11) is 1.83. The maximum Gasteiger partial charge on any atom is 0.341 e. The van der Waals surface area contributed by atoms with E-state index in [1.807, 2.05) is 57.5 Å². The molecular weight excluding hydrogens is 464 g/mol. The van der Waals surface area contributed by atoms with Crippen molar-refractivity contribution in [3.63, 3.8) is 0 Å². The number of ketones is 1. The van der Waals surface area contributed by atoms with Crippen LogP contribution in [0.1, 0.15) is 37.8 Å². The molecule has 4 rings (SSSR count). The minimum atomic E-state index is -0.603. The first-order valence-electron chi connectivity index (χ1n) is 11.0. The summed E-state index contributed by atoms with van der Waals surface area (Å²) in [6, 6.07) is 14.4. The number of carbonyl (C=O) groups excluding carboxylic acids is 2. The molecule has 0 fully saturated rings. The van der Waals surface area contributed by atoms with Gasteiger partial charge in [-0.25, -0.2) is 14.5 Å². The Morgan fingerprint density at radius 3 is 2.40 bits per heavy atom. The standard InChI is InChI=1S/C26H26N4O4S/c1-16-14-21(22(31)15-34-26(33)20-12-9-13-27-24(20)35-5)17(2)29(16)23-18(3)28(4)30(25(23)32)19-10-7-6-8-11-19/h6-14H,15H2,1-5H3. The second-order valence-electron chi connectivity index (χ2n) is 8.09. The number of Topliss-reactive ketones (excluding diaryl/α,β-unsaturated/α-hetero) is 1. The summed E-state index contributed by atoms with van der Waals surface area (Å²) in [5.74, 6) is -0.946. The van der Waals surface area contributed by atoms with Crippen LogP contribution in [0, 0.1) is 20.8 Å². The molecular formula is C26H26N4O4S. The van der Waals surface area contributed by atoms with Crippen molar-refractivity contribution >= 4 is 23.5 Å². The number of esters is 1. The molecule has 1 aromatic carbocycles. The van der Waals surface area contributed by atoms with E-state index in [0.717, 1.165) is 17.1 Å². The van der Waals surface area contributed by atoms with Gasteiger partial charge in [-0.3, -0.25) is 14.3 Å². The first-order valence-corrected chi connectivity index (χ1v) is 12.2. The molecule has 4 aromatic rings. The maximum absolute atomic E-state index is 13.5. The Kier molecular flexibility index (Phi) is 6.79. The van der Waals surface area contributed by atoms with Gasteiger partial charge in [-0.2, -0.15) is 0 Å². The number of para-hydroxylation sites is 1. The molecule has 3 aromatic heterocycles. The van der Waals surface area contributed by atoms with Gasteiger partial charge in [0.25, 0.3) is 5.56 Å². The number of ether oxygens (including phenoxy) is 1. The Labute approximate surface area is 207 Å². The molecule has 3 heterocycles. The number of hydrogen-bond acceptors (Lipinski definition) is 6. The van der Waals surface area contributed by atoms with Crippen molar-refractivity contribution in [2.24, 2.45) is 7.05 Å². The van der Waals surface area contributed by atoms with Gasteiger partial charge in [-0.15, -0.1) is 11.8 Å². The Bertz CT molecular complexity index is 1480. The SMILES string of the molecule is CSc1ncccc1C(=O)OCC(=O)c1cc(C)n(-c2c(C)n(C)n(-c3ccccc3)c2=O)c1C. The van der Waals surface area contributed by atoms with Crippen molar-refractivity contribution in [3.8, 4) is 11.4 Å². The second kappa shape index (κ2) is 9.79. The molecule has 0 bridgehead atoms. The number of aromatic nitrogens is 4. The molecule has 0 atom stereocenters. The lowest BCUT2D eigenvalue weighted by atomic mass is 10.1. The molecule has 35 heavy (non-hydrogen) atoms. The van der Waals surface area contributed by atoms with Crippen LogP contribution in [0.5, 0.6) is 0 Å². The number of benzene rings is 1. The monoisotopic (exact) mass is 490 g/mol. The third-order valence-electron chi connectivity index (χ3n) is 6.00. The van der Waals surface area contributed by atoms with E-state index in [2.05, 4.69) is 4.98 Å². The number of thioether (sulfide) groups is 1. The van der Waals surface area contributed by atoms with Crippen LogP contribution in [0.15, 0.2) is 64.5 Å². The summed E-state index contributed by atoms with van der Waals surface area (Å²) in [5, 5.41) is 0.539. The minimum Gasteiger partial charge on any atom is -0.454 e. The number of hydrogen-bond donors (Lipinski definition) is 0. The first-order chi connectivity index (χ1) is 16.8. The number of nitrogens with zero attached hydrogens (tertiary/aromatic N) is 4. The number of aryl methyl sites for hydroxylation is 1. The van der Waals surface area contributed by atoms with Crippen LogP contribution in [0.3, 0.4) is 0 Å². The fraction of sp³-hybridized carbons (Fsp3) is 0.231. The van der Waals surface area contributed by atoms with Crippen LogP contribution < -0.4 is 5.56 Å². The van der Waals surface area contributed by atoms with E-state index in [-0.39, 0.29) is 11.3 Å². The minimum absolute atomic E-state index is 0.190. The number of pyridine rings is 1. The van der Waals surface area contributed by atoms with Crippen molar-refractivity contribution in [2.75, 3.05) is 12.9 Å². The molecule has 0 unspecified atom stereocenters. The average Bonchev–Trinajstić information content (AvgIpc) is 3.28. The van der Waals surface area contributed by atoms with Gasteiger partial charge in [0.15, 0.2) is 6.61 Å². The van der Waals surface area contributed by atoms with E-state index >= 15 is 0 Å². The van der Waals surface area contributed by atoms with Crippen molar-refractivity contribution in [1.82, 2.24) is 18.9 Å². The largest absolute Gasteiger partial charge is 0.454 e. The Morgan fingerprint density at radius 2 is 1.71 bits per heavy atom. The zero-order valence-electron chi connectivity index (χ0n) is 20.2. The fourth-order valence-electron chi connectivity index (χ4n) is 4.20. The van der Waals surface area contributed by atoms with Gasteiger partial charge < -0.3 is 9.30 Å². The lowest BCUT2D eigenvalue weighted by molar-refractivity contribution is 0.0470. The summed E-state index contributed by atoms with van der Waals surface area (Å²) in [4.78, 5) is 43.2. The normalized spacial score (nSPS) is 11.0. The van der Waals surface area contributed by atoms with Gasteiger partial charge in [0.1, 0.15) is 10.7 Å². The zero-order chi connectivity index (χ0) is 25.3. The third kappa shape index (κ3) is 4.35. The second-order valence-corrected chi connectivity index (χ2v) is 8.88. The molecule has 0 saturated carbocycles.